The predicted octanol–water partition coefficient (Wildman–Crippen LogP) is 1.26. The molecule has 4 heteroatoms. The summed E-state index contributed by atoms with van der Waals surface area (Å²) in [5, 5.41) is 12.3. The Kier molecular flexibility index (Phi) is 2.07. The molecule has 1 aliphatic carbocycles. The zero-order valence-corrected chi connectivity index (χ0v) is 8.58. The number of hydrogen-bond acceptors (Lipinski definition) is 3. The lowest BCUT2D eigenvalue weighted by Gasteiger charge is -2.11. The van der Waals surface area contributed by atoms with Gasteiger partial charge in [-0.3, -0.25) is 4.79 Å². The summed E-state index contributed by atoms with van der Waals surface area (Å²) in [5.74, 6) is -0.214. The molecule has 0 spiro atoms. The van der Waals surface area contributed by atoms with E-state index in [-0.39, 0.29) is 22.9 Å². The van der Waals surface area contributed by atoms with E-state index in [1.165, 1.54) is 12.1 Å². The highest BCUT2D eigenvalue weighted by molar-refractivity contribution is 5.95. The highest BCUT2D eigenvalue weighted by Gasteiger charge is 2.38. The van der Waals surface area contributed by atoms with E-state index in [4.69, 9.17) is 5.73 Å². The van der Waals surface area contributed by atoms with Gasteiger partial charge in [0.1, 0.15) is 5.75 Å². The van der Waals surface area contributed by atoms with Crippen molar-refractivity contribution in [2.75, 3.05) is 5.73 Å². The quantitative estimate of drug-likeness (QED) is 0.503. The van der Waals surface area contributed by atoms with Gasteiger partial charge in [0.15, 0.2) is 0 Å². The molecule has 0 unspecified atom stereocenters. The predicted molar refractivity (Wildman–Crippen MR) is 57.6 cm³/mol. The van der Waals surface area contributed by atoms with Crippen molar-refractivity contribution < 1.29 is 9.90 Å². The number of nitrogens with two attached hydrogens (primary N) is 1. The van der Waals surface area contributed by atoms with Crippen LogP contribution in [-0.2, 0) is 0 Å². The van der Waals surface area contributed by atoms with E-state index in [1.807, 2.05) is 6.92 Å². The third kappa shape index (κ3) is 2.03. The van der Waals surface area contributed by atoms with E-state index in [0.29, 0.717) is 5.56 Å². The molecule has 1 saturated carbocycles. The monoisotopic (exact) mass is 206 g/mol. The number of rotatable bonds is 2. The first-order chi connectivity index (χ1) is 7.00. The Morgan fingerprint density at radius 1 is 1.53 bits per heavy atom. The van der Waals surface area contributed by atoms with Crippen LogP contribution in [0.4, 0.5) is 5.69 Å². The first-order valence-electron chi connectivity index (χ1n) is 4.91. The molecule has 1 aliphatic rings. The van der Waals surface area contributed by atoms with Crippen molar-refractivity contribution in [2.24, 2.45) is 0 Å². The zero-order valence-electron chi connectivity index (χ0n) is 8.58. The molecule has 1 fully saturated rings. The van der Waals surface area contributed by atoms with Gasteiger partial charge in [-0.05, 0) is 38.0 Å². The molecule has 0 radical (unpaired) electrons. The minimum atomic E-state index is -0.162. The van der Waals surface area contributed by atoms with Crippen LogP contribution in [0.2, 0.25) is 0 Å². The van der Waals surface area contributed by atoms with E-state index < -0.39 is 0 Å². The lowest BCUT2D eigenvalue weighted by atomic mass is 10.1. The Morgan fingerprint density at radius 3 is 2.73 bits per heavy atom. The molecule has 0 atom stereocenters. The summed E-state index contributed by atoms with van der Waals surface area (Å²) in [6.45, 7) is 2.00. The number of nitrogens with one attached hydrogen (secondary N) is 1. The molecule has 15 heavy (non-hydrogen) atoms. The molecule has 0 aromatic heterocycles. The number of aromatic hydroxyl groups is 1. The largest absolute Gasteiger partial charge is 0.506 e. The van der Waals surface area contributed by atoms with Crippen molar-refractivity contribution in [3.05, 3.63) is 23.8 Å². The first-order valence-corrected chi connectivity index (χ1v) is 4.91. The summed E-state index contributed by atoms with van der Waals surface area (Å²) in [6, 6.07) is 4.52. The van der Waals surface area contributed by atoms with Gasteiger partial charge >= 0.3 is 0 Å². The second-order valence-corrected chi connectivity index (χ2v) is 4.29. The van der Waals surface area contributed by atoms with Crippen LogP contribution in [0.5, 0.6) is 5.75 Å². The minimum Gasteiger partial charge on any atom is -0.506 e. The van der Waals surface area contributed by atoms with E-state index >= 15 is 0 Å². The second-order valence-electron chi connectivity index (χ2n) is 4.29. The van der Waals surface area contributed by atoms with Crippen LogP contribution in [0.1, 0.15) is 30.1 Å². The smallest absolute Gasteiger partial charge is 0.251 e. The SMILES string of the molecule is CC1(NC(=O)c2ccc(N)c(O)c2)CC1. The standard InChI is InChI=1S/C11H14N2O2/c1-11(4-5-11)13-10(15)7-2-3-8(12)9(14)6-7/h2-3,6,14H,4-5,12H2,1H3,(H,13,15). The normalized spacial score (nSPS) is 17.1. The van der Waals surface area contributed by atoms with Crippen LogP contribution in [0.25, 0.3) is 0 Å². The van der Waals surface area contributed by atoms with Gasteiger partial charge in [-0.2, -0.15) is 0 Å². The molecule has 2 rings (SSSR count). The fourth-order valence-electron chi connectivity index (χ4n) is 1.34. The lowest BCUT2D eigenvalue weighted by Crippen LogP contribution is -2.34. The minimum absolute atomic E-state index is 0.0475. The van der Waals surface area contributed by atoms with Crippen molar-refractivity contribution in [1.82, 2.24) is 5.32 Å². The average Bonchev–Trinajstić information content (AvgIpc) is 2.88. The van der Waals surface area contributed by atoms with Crippen LogP contribution < -0.4 is 11.1 Å². The number of anilines is 1. The topological polar surface area (TPSA) is 75.4 Å². The Hall–Kier alpha value is -1.71. The molecule has 4 nitrogen and oxygen atoms in total. The highest BCUT2D eigenvalue weighted by Crippen LogP contribution is 2.34. The third-order valence-corrected chi connectivity index (χ3v) is 2.71. The number of nitrogen functional groups attached to an aromatic ring is 1. The molecule has 0 saturated heterocycles. The summed E-state index contributed by atoms with van der Waals surface area (Å²) in [5.41, 5.74) is 6.12. The van der Waals surface area contributed by atoms with Gasteiger partial charge in [0.05, 0.1) is 5.69 Å². The number of hydrogen-bond donors (Lipinski definition) is 3. The third-order valence-electron chi connectivity index (χ3n) is 2.71. The van der Waals surface area contributed by atoms with E-state index in [2.05, 4.69) is 5.32 Å². The number of amides is 1. The van der Waals surface area contributed by atoms with Gasteiger partial charge in [0.25, 0.3) is 5.91 Å². The molecule has 4 N–H and O–H groups in total. The van der Waals surface area contributed by atoms with Crippen molar-refractivity contribution in [3.8, 4) is 5.75 Å². The number of carbonyl (C=O) groups excluding carboxylic acids is 1. The number of benzene rings is 1. The van der Waals surface area contributed by atoms with Crippen molar-refractivity contribution >= 4 is 11.6 Å². The Balaban J connectivity index is 2.15. The van der Waals surface area contributed by atoms with Gasteiger partial charge in [0, 0.05) is 11.1 Å². The summed E-state index contributed by atoms with van der Waals surface area (Å²) >= 11 is 0. The van der Waals surface area contributed by atoms with Crippen LogP contribution in [0, 0.1) is 0 Å². The number of carbonyl (C=O) groups is 1. The molecule has 1 amide bonds. The number of phenolic OH excluding ortho intramolecular Hbond substituents is 1. The molecule has 0 aliphatic heterocycles. The van der Waals surface area contributed by atoms with Crippen LogP contribution in [0.15, 0.2) is 18.2 Å². The van der Waals surface area contributed by atoms with Gasteiger partial charge in [-0.1, -0.05) is 0 Å². The fourth-order valence-corrected chi connectivity index (χ4v) is 1.34. The van der Waals surface area contributed by atoms with Crippen molar-refractivity contribution in [1.29, 1.82) is 0 Å². The summed E-state index contributed by atoms with van der Waals surface area (Å²) in [7, 11) is 0. The maximum Gasteiger partial charge on any atom is 0.251 e. The van der Waals surface area contributed by atoms with Gasteiger partial charge in [-0.25, -0.2) is 0 Å². The summed E-state index contributed by atoms with van der Waals surface area (Å²) in [4.78, 5) is 11.7. The first kappa shape index (κ1) is 9.83. The highest BCUT2D eigenvalue weighted by atomic mass is 16.3. The van der Waals surface area contributed by atoms with E-state index in [1.54, 1.807) is 6.07 Å². The summed E-state index contributed by atoms with van der Waals surface area (Å²) < 4.78 is 0. The Morgan fingerprint density at radius 2 is 2.20 bits per heavy atom. The van der Waals surface area contributed by atoms with Gasteiger partial charge in [-0.15, -0.1) is 0 Å². The molecule has 80 valence electrons. The zero-order chi connectivity index (χ0) is 11.1. The molecule has 0 bridgehead atoms. The molecular weight excluding hydrogens is 192 g/mol. The van der Waals surface area contributed by atoms with Gasteiger partial charge in [0.2, 0.25) is 0 Å². The average molecular weight is 206 g/mol. The number of phenols is 1. The maximum atomic E-state index is 11.7. The second kappa shape index (κ2) is 3.15. The van der Waals surface area contributed by atoms with Gasteiger partial charge < -0.3 is 16.2 Å². The molecule has 1 aromatic carbocycles. The van der Waals surface area contributed by atoms with Crippen molar-refractivity contribution in [2.45, 2.75) is 25.3 Å². The molecular formula is C11H14N2O2. The molecule has 1 aromatic rings. The van der Waals surface area contributed by atoms with Crippen molar-refractivity contribution in [3.63, 3.8) is 0 Å². The maximum absolute atomic E-state index is 11.7. The summed E-state index contributed by atoms with van der Waals surface area (Å²) in [6.07, 6.45) is 2.03. The molecule has 0 heterocycles. The Labute approximate surface area is 88.1 Å². The van der Waals surface area contributed by atoms with Crippen LogP contribution in [0.3, 0.4) is 0 Å². The van der Waals surface area contributed by atoms with Crippen LogP contribution >= 0.6 is 0 Å². The van der Waals surface area contributed by atoms with Crippen LogP contribution in [-0.4, -0.2) is 16.6 Å². The lowest BCUT2D eigenvalue weighted by molar-refractivity contribution is 0.0935. The van der Waals surface area contributed by atoms with E-state index in [9.17, 15) is 9.90 Å². The van der Waals surface area contributed by atoms with E-state index in [0.717, 1.165) is 12.8 Å². The fraction of sp³-hybridized carbons (Fsp3) is 0.364. The Bertz CT molecular complexity index is 411.